The molecule has 0 radical (unpaired) electrons. The zero-order valence-electron chi connectivity index (χ0n) is 16.2. The van der Waals surface area contributed by atoms with Crippen LogP contribution in [0.2, 0.25) is 5.02 Å². The first kappa shape index (κ1) is 20.4. The van der Waals surface area contributed by atoms with Crippen LogP contribution in [0.1, 0.15) is 13.3 Å². The van der Waals surface area contributed by atoms with Crippen molar-refractivity contribution >= 4 is 32.5 Å². The van der Waals surface area contributed by atoms with Gasteiger partial charge in [0.15, 0.2) is 0 Å². The highest BCUT2D eigenvalue weighted by molar-refractivity contribution is 7.91. The minimum atomic E-state index is -3.85. The van der Waals surface area contributed by atoms with Crippen LogP contribution in [0.4, 0.5) is 4.39 Å². The number of hydrogen-bond acceptors (Lipinski definition) is 5. The number of halogens is 2. The molecule has 0 saturated heterocycles. The summed E-state index contributed by atoms with van der Waals surface area (Å²) >= 11 is 5.68. The first-order valence-corrected chi connectivity index (χ1v) is 10.8. The molecule has 4 rings (SSSR count). The standard InChI is InChI=1S/C21H18ClFN2O4S/c1-21(9-5-15(6-10-21)29-16-3-4-17(22)18(23)13-16)30(26,27)25-12-8-14-7-11-24-20(28-2)19(14)25/h3-9,11-13H,10H2,1-2H3. The Morgan fingerprint density at radius 1 is 1.27 bits per heavy atom. The Balaban J connectivity index is 1.64. The van der Waals surface area contributed by atoms with E-state index in [4.69, 9.17) is 21.1 Å². The van der Waals surface area contributed by atoms with Gasteiger partial charge in [-0.15, -0.1) is 0 Å². The molecule has 1 unspecified atom stereocenters. The van der Waals surface area contributed by atoms with Gasteiger partial charge in [0.1, 0.15) is 27.6 Å². The van der Waals surface area contributed by atoms with Crippen molar-refractivity contribution in [2.75, 3.05) is 7.11 Å². The maximum atomic E-state index is 13.6. The molecule has 0 bridgehead atoms. The lowest BCUT2D eigenvalue weighted by Gasteiger charge is -2.28. The molecular formula is C21H18ClFN2O4S. The van der Waals surface area contributed by atoms with Crippen LogP contribution in [0.15, 0.2) is 66.7 Å². The second-order valence-corrected chi connectivity index (χ2v) is 9.69. The van der Waals surface area contributed by atoms with Gasteiger partial charge in [0.25, 0.3) is 0 Å². The molecule has 0 saturated carbocycles. The van der Waals surface area contributed by atoms with Crippen LogP contribution >= 0.6 is 11.6 Å². The topological polar surface area (TPSA) is 70.4 Å². The maximum Gasteiger partial charge on any atom is 0.248 e. The lowest BCUT2D eigenvalue weighted by atomic mass is 10.0. The van der Waals surface area contributed by atoms with Crippen LogP contribution in [-0.2, 0) is 10.0 Å². The summed E-state index contributed by atoms with van der Waals surface area (Å²) in [5, 5.41) is 0.705. The van der Waals surface area contributed by atoms with E-state index in [9.17, 15) is 12.8 Å². The number of aromatic nitrogens is 2. The van der Waals surface area contributed by atoms with Crippen molar-refractivity contribution < 1.29 is 22.3 Å². The Morgan fingerprint density at radius 3 is 2.73 bits per heavy atom. The third-order valence-corrected chi connectivity index (χ3v) is 7.62. The summed E-state index contributed by atoms with van der Waals surface area (Å²) in [5.74, 6) is 0.324. The van der Waals surface area contributed by atoms with E-state index in [1.54, 1.807) is 43.5 Å². The first-order valence-electron chi connectivity index (χ1n) is 9.03. The predicted molar refractivity (Wildman–Crippen MR) is 113 cm³/mol. The Bertz CT molecular complexity index is 1300. The highest BCUT2D eigenvalue weighted by Crippen LogP contribution is 2.35. The normalized spacial score (nSPS) is 19.0. The van der Waals surface area contributed by atoms with Crippen molar-refractivity contribution in [2.45, 2.75) is 18.1 Å². The van der Waals surface area contributed by atoms with Crippen molar-refractivity contribution in [3.8, 4) is 11.6 Å². The maximum absolute atomic E-state index is 13.6. The Kier molecular flexibility index (Phi) is 5.07. The van der Waals surface area contributed by atoms with Crippen LogP contribution in [0.25, 0.3) is 10.9 Å². The molecule has 0 aliphatic heterocycles. The van der Waals surface area contributed by atoms with Crippen molar-refractivity contribution in [3.63, 3.8) is 0 Å². The van der Waals surface area contributed by atoms with Gasteiger partial charge >= 0.3 is 0 Å². The van der Waals surface area contributed by atoms with E-state index in [2.05, 4.69) is 4.98 Å². The highest BCUT2D eigenvalue weighted by atomic mass is 35.5. The van der Waals surface area contributed by atoms with Crippen molar-refractivity contribution in [1.29, 1.82) is 0 Å². The smallest absolute Gasteiger partial charge is 0.248 e. The summed E-state index contributed by atoms with van der Waals surface area (Å²) in [5.41, 5.74) is 0.386. The average Bonchev–Trinajstić information content (AvgIpc) is 3.17. The van der Waals surface area contributed by atoms with Gasteiger partial charge in [0, 0.05) is 23.8 Å². The number of pyridine rings is 1. The molecule has 1 aliphatic carbocycles. The number of benzene rings is 1. The van der Waals surface area contributed by atoms with E-state index in [1.807, 2.05) is 0 Å². The molecule has 1 aromatic carbocycles. The largest absolute Gasteiger partial charge is 0.479 e. The summed E-state index contributed by atoms with van der Waals surface area (Å²) in [7, 11) is -2.41. The van der Waals surface area contributed by atoms with Crippen LogP contribution in [0.3, 0.4) is 0 Å². The highest BCUT2D eigenvalue weighted by Gasteiger charge is 2.40. The molecule has 0 amide bonds. The van der Waals surface area contributed by atoms with Crippen LogP contribution in [0, 0.1) is 5.82 Å². The SMILES string of the molecule is COc1nccc2ccn(S(=O)(=O)C3(C)C=CC(Oc4ccc(Cl)c(F)c4)=CC3)c12. The van der Waals surface area contributed by atoms with Gasteiger partial charge in [-0.3, -0.25) is 0 Å². The molecule has 6 nitrogen and oxygen atoms in total. The van der Waals surface area contributed by atoms with E-state index in [0.29, 0.717) is 16.7 Å². The summed E-state index contributed by atoms with van der Waals surface area (Å²) in [6, 6.07) is 7.53. The van der Waals surface area contributed by atoms with E-state index in [-0.39, 0.29) is 23.1 Å². The zero-order valence-corrected chi connectivity index (χ0v) is 17.7. The molecular weight excluding hydrogens is 431 g/mol. The Hall–Kier alpha value is -2.84. The quantitative estimate of drug-likeness (QED) is 0.566. The number of hydrogen-bond donors (Lipinski definition) is 0. The van der Waals surface area contributed by atoms with E-state index in [0.717, 1.165) is 0 Å². The van der Waals surface area contributed by atoms with Gasteiger partial charge in [-0.2, -0.15) is 0 Å². The summed E-state index contributed by atoms with van der Waals surface area (Å²) in [4.78, 5) is 4.11. The molecule has 156 valence electrons. The Labute approximate surface area is 178 Å². The monoisotopic (exact) mass is 448 g/mol. The molecule has 0 spiro atoms. The number of methoxy groups -OCH3 is 1. The molecule has 1 atom stereocenters. The van der Waals surface area contributed by atoms with Gasteiger partial charge in [-0.05, 0) is 49.8 Å². The molecule has 0 N–H and O–H groups in total. The summed E-state index contributed by atoms with van der Waals surface area (Å²) in [6.07, 6.45) is 8.01. The molecule has 2 heterocycles. The number of nitrogens with zero attached hydrogens (tertiary/aromatic N) is 2. The minimum Gasteiger partial charge on any atom is -0.479 e. The lowest BCUT2D eigenvalue weighted by molar-refractivity contribution is 0.402. The zero-order chi connectivity index (χ0) is 21.5. The molecule has 3 aromatic rings. The molecule has 1 aliphatic rings. The van der Waals surface area contributed by atoms with Crippen LogP contribution in [0.5, 0.6) is 11.6 Å². The van der Waals surface area contributed by atoms with Crippen LogP contribution < -0.4 is 9.47 Å². The predicted octanol–water partition coefficient (Wildman–Crippen LogP) is 4.70. The fourth-order valence-electron chi connectivity index (χ4n) is 3.24. The first-order chi connectivity index (χ1) is 14.2. The fourth-order valence-corrected chi connectivity index (χ4v) is 4.99. The Morgan fingerprint density at radius 2 is 2.07 bits per heavy atom. The molecule has 30 heavy (non-hydrogen) atoms. The minimum absolute atomic E-state index is 0.00180. The van der Waals surface area contributed by atoms with Crippen molar-refractivity contribution in [2.24, 2.45) is 0 Å². The molecule has 0 fully saturated rings. The fraction of sp³-hybridized carbons (Fsp3) is 0.190. The number of rotatable bonds is 5. The second kappa shape index (κ2) is 7.45. The number of allylic oxidation sites excluding steroid dienone is 2. The van der Waals surface area contributed by atoms with Gasteiger partial charge in [-0.1, -0.05) is 17.7 Å². The summed E-state index contributed by atoms with van der Waals surface area (Å²) in [6.45, 7) is 1.63. The molecule has 9 heteroatoms. The average molecular weight is 449 g/mol. The van der Waals surface area contributed by atoms with E-state index >= 15 is 0 Å². The van der Waals surface area contributed by atoms with Gasteiger partial charge in [0.2, 0.25) is 15.9 Å². The lowest BCUT2D eigenvalue weighted by Crippen LogP contribution is -2.38. The third-order valence-electron chi connectivity index (χ3n) is 5.01. The summed E-state index contributed by atoms with van der Waals surface area (Å²) < 4.78 is 51.5. The van der Waals surface area contributed by atoms with Gasteiger partial charge in [-0.25, -0.2) is 21.8 Å². The van der Waals surface area contributed by atoms with Gasteiger partial charge in [0.05, 0.1) is 12.1 Å². The van der Waals surface area contributed by atoms with E-state index < -0.39 is 20.6 Å². The van der Waals surface area contributed by atoms with Crippen molar-refractivity contribution in [1.82, 2.24) is 8.96 Å². The number of fused-ring (bicyclic) bond motifs is 1. The molecule has 2 aromatic heterocycles. The van der Waals surface area contributed by atoms with E-state index in [1.165, 1.54) is 35.5 Å². The van der Waals surface area contributed by atoms with Crippen molar-refractivity contribution in [3.05, 3.63) is 77.6 Å². The van der Waals surface area contributed by atoms with Crippen LogP contribution in [-0.4, -0.2) is 29.2 Å². The third kappa shape index (κ3) is 3.36. The van der Waals surface area contributed by atoms with Gasteiger partial charge < -0.3 is 9.47 Å². The number of ether oxygens (including phenoxy) is 2. The second-order valence-electron chi connectivity index (χ2n) is 7.01.